The first-order valence-corrected chi connectivity index (χ1v) is 9.51. The number of nitrogens with one attached hydrogen (secondary N) is 2. The highest BCUT2D eigenvalue weighted by atomic mass is 19.4. The number of halogens is 4. The molecule has 3 amide bonds. The summed E-state index contributed by atoms with van der Waals surface area (Å²) >= 11 is 0. The monoisotopic (exact) mass is 455 g/mol. The van der Waals surface area contributed by atoms with Crippen LogP contribution in [0.15, 0.2) is 42.6 Å². The van der Waals surface area contributed by atoms with Gasteiger partial charge in [0.05, 0.1) is 19.2 Å². The summed E-state index contributed by atoms with van der Waals surface area (Å²) in [7, 11) is 1.35. The Labute approximate surface area is 180 Å². The van der Waals surface area contributed by atoms with Crippen LogP contribution in [0.4, 0.5) is 28.2 Å². The number of benzene rings is 1. The summed E-state index contributed by atoms with van der Waals surface area (Å²) in [6.45, 7) is -0.692. The largest absolute Gasteiger partial charge is 0.410 e. The Bertz CT molecular complexity index is 988. The van der Waals surface area contributed by atoms with E-state index in [1.165, 1.54) is 49.7 Å². The molecule has 1 aromatic heterocycles. The van der Waals surface area contributed by atoms with E-state index in [0.29, 0.717) is 5.56 Å². The normalized spacial score (nSPS) is 18.2. The van der Waals surface area contributed by atoms with Crippen molar-refractivity contribution in [3.63, 3.8) is 0 Å². The third kappa shape index (κ3) is 5.14. The number of ether oxygens (including phenoxy) is 1. The smallest absolute Gasteiger partial charge is 0.382 e. The average Bonchev–Trinajstić information content (AvgIpc) is 3.14. The van der Waals surface area contributed by atoms with E-state index >= 15 is 0 Å². The summed E-state index contributed by atoms with van der Waals surface area (Å²) in [5.74, 6) is -1.34. The number of nitrogens with zero attached hydrogens (tertiary/aromatic N) is 2. The van der Waals surface area contributed by atoms with Crippen molar-refractivity contribution in [2.24, 2.45) is 5.73 Å². The first-order chi connectivity index (χ1) is 15.1. The first-order valence-electron chi connectivity index (χ1n) is 9.51. The average molecular weight is 455 g/mol. The van der Waals surface area contributed by atoms with E-state index in [4.69, 9.17) is 10.5 Å². The number of amides is 3. The number of nitrogens with two attached hydrogens (primary N) is 1. The molecule has 0 saturated carbocycles. The van der Waals surface area contributed by atoms with Crippen LogP contribution in [0.1, 0.15) is 23.2 Å². The number of pyridine rings is 1. The molecule has 1 aliphatic heterocycles. The molecule has 1 fully saturated rings. The van der Waals surface area contributed by atoms with E-state index in [2.05, 4.69) is 10.3 Å². The molecule has 1 aromatic carbocycles. The van der Waals surface area contributed by atoms with E-state index in [0.717, 1.165) is 4.90 Å². The zero-order valence-electron chi connectivity index (χ0n) is 16.9. The Morgan fingerprint density at radius 3 is 2.72 bits per heavy atom. The number of methoxy groups -OCH3 is 1. The molecule has 2 aromatic rings. The lowest BCUT2D eigenvalue weighted by molar-refractivity contribution is -0.150. The van der Waals surface area contributed by atoms with E-state index in [1.807, 2.05) is 5.32 Å². The number of aromatic nitrogens is 1. The van der Waals surface area contributed by atoms with Gasteiger partial charge in [-0.05, 0) is 23.8 Å². The number of alkyl halides is 3. The Hall–Kier alpha value is -3.25. The molecule has 32 heavy (non-hydrogen) atoms. The second kappa shape index (κ2) is 9.49. The molecule has 0 bridgehead atoms. The molecule has 8 nitrogen and oxygen atoms in total. The van der Waals surface area contributed by atoms with Crippen LogP contribution in [-0.2, 0) is 9.53 Å². The molecule has 3 atom stereocenters. The molecule has 172 valence electrons. The number of carbonyl (C=O) groups excluding carboxylic acids is 2. The summed E-state index contributed by atoms with van der Waals surface area (Å²) < 4.78 is 58.1. The van der Waals surface area contributed by atoms with Gasteiger partial charge in [0.1, 0.15) is 23.7 Å². The van der Waals surface area contributed by atoms with Crippen LogP contribution in [0.25, 0.3) is 0 Å². The van der Waals surface area contributed by atoms with E-state index in [1.54, 1.807) is 0 Å². The molecule has 1 aliphatic rings. The first kappa shape index (κ1) is 23.4. The Morgan fingerprint density at radius 2 is 2.09 bits per heavy atom. The highest BCUT2D eigenvalue weighted by molar-refractivity contribution is 5.94. The van der Waals surface area contributed by atoms with Gasteiger partial charge in [0.2, 0.25) is 5.91 Å². The predicted molar refractivity (Wildman–Crippen MR) is 106 cm³/mol. The molecule has 2 heterocycles. The lowest BCUT2D eigenvalue weighted by atomic mass is 10.1. The maximum Gasteiger partial charge on any atom is 0.410 e. The zero-order chi connectivity index (χ0) is 23.5. The second-order valence-electron chi connectivity index (χ2n) is 7.13. The van der Waals surface area contributed by atoms with Gasteiger partial charge in [-0.25, -0.2) is 14.2 Å². The molecular weight excluding hydrogens is 434 g/mol. The molecule has 4 N–H and O–H groups in total. The van der Waals surface area contributed by atoms with Gasteiger partial charge in [0, 0.05) is 18.9 Å². The van der Waals surface area contributed by atoms with Crippen molar-refractivity contribution < 1.29 is 31.9 Å². The minimum atomic E-state index is -4.59. The van der Waals surface area contributed by atoms with Crippen LogP contribution in [-0.4, -0.2) is 54.3 Å². The third-order valence-corrected chi connectivity index (χ3v) is 4.98. The number of urea groups is 1. The fraction of sp³-hybridized carbons (Fsp3) is 0.350. The van der Waals surface area contributed by atoms with Crippen LogP contribution in [0, 0.1) is 5.82 Å². The molecule has 3 rings (SSSR count). The van der Waals surface area contributed by atoms with Gasteiger partial charge >= 0.3 is 12.2 Å². The third-order valence-electron chi connectivity index (χ3n) is 4.98. The van der Waals surface area contributed by atoms with Crippen molar-refractivity contribution in [3.8, 4) is 0 Å². The molecular formula is C20H21F4N5O3. The molecule has 1 saturated heterocycles. The summed E-state index contributed by atoms with van der Waals surface area (Å²) in [6, 6.07) is 3.35. The van der Waals surface area contributed by atoms with Gasteiger partial charge in [-0.15, -0.1) is 0 Å². The quantitative estimate of drug-likeness (QED) is 0.556. The standard InChI is InChI=1S/C20H21F4N5O3/c1-32-10-14(29-9-15(20(22,23)24)27-19(29)31)11-6-7-26-16(8-11)28-18(30)17(25)12-4-2-3-5-13(12)21/h2-8,14-15,17H,9-10,25H2,1H3,(H,27,31)(H,26,28,30)/t14?,15-,17-/m0/s1. The Balaban J connectivity index is 1.79. The van der Waals surface area contributed by atoms with Crippen LogP contribution in [0.3, 0.4) is 0 Å². The van der Waals surface area contributed by atoms with Crippen molar-refractivity contribution in [1.82, 2.24) is 15.2 Å². The van der Waals surface area contributed by atoms with Gasteiger partial charge in [-0.3, -0.25) is 4.79 Å². The molecule has 0 aliphatic carbocycles. The molecule has 0 spiro atoms. The predicted octanol–water partition coefficient (Wildman–Crippen LogP) is 2.50. The summed E-state index contributed by atoms with van der Waals surface area (Å²) in [5.41, 5.74) is 6.21. The molecule has 0 radical (unpaired) electrons. The van der Waals surface area contributed by atoms with Crippen molar-refractivity contribution in [2.75, 3.05) is 25.6 Å². The fourth-order valence-electron chi connectivity index (χ4n) is 3.33. The highest BCUT2D eigenvalue weighted by Gasteiger charge is 2.48. The van der Waals surface area contributed by atoms with Crippen molar-refractivity contribution in [1.29, 1.82) is 0 Å². The van der Waals surface area contributed by atoms with E-state index in [9.17, 15) is 27.2 Å². The molecule has 12 heteroatoms. The Kier molecular flexibility index (Phi) is 6.94. The maximum absolute atomic E-state index is 13.9. The van der Waals surface area contributed by atoms with Crippen LogP contribution >= 0.6 is 0 Å². The topological polar surface area (TPSA) is 110 Å². The summed E-state index contributed by atoms with van der Waals surface area (Å²) in [5, 5.41) is 4.36. The number of hydrogen-bond donors (Lipinski definition) is 3. The molecule has 1 unspecified atom stereocenters. The number of anilines is 1. The Morgan fingerprint density at radius 1 is 1.38 bits per heavy atom. The van der Waals surface area contributed by atoms with Crippen molar-refractivity contribution in [3.05, 3.63) is 59.5 Å². The van der Waals surface area contributed by atoms with E-state index < -0.39 is 48.6 Å². The maximum atomic E-state index is 13.9. The van der Waals surface area contributed by atoms with Gasteiger partial charge in [-0.2, -0.15) is 13.2 Å². The number of hydrogen-bond acceptors (Lipinski definition) is 5. The zero-order valence-corrected chi connectivity index (χ0v) is 16.9. The van der Waals surface area contributed by atoms with Crippen LogP contribution in [0.5, 0.6) is 0 Å². The van der Waals surface area contributed by atoms with Gasteiger partial charge in [0.25, 0.3) is 0 Å². The number of rotatable bonds is 7. The van der Waals surface area contributed by atoms with Gasteiger partial charge < -0.3 is 26.0 Å². The SMILES string of the molecule is COCC(c1ccnc(NC(=O)[C@@H](N)c2ccccc2F)c1)N1C[C@@H](C(F)(F)F)NC1=O. The highest BCUT2D eigenvalue weighted by Crippen LogP contribution is 2.30. The summed E-state index contributed by atoms with van der Waals surface area (Å²) in [6.07, 6.45) is -3.28. The fourth-order valence-corrected chi connectivity index (χ4v) is 3.33. The van der Waals surface area contributed by atoms with Crippen LogP contribution in [0.2, 0.25) is 0 Å². The van der Waals surface area contributed by atoms with Crippen LogP contribution < -0.4 is 16.4 Å². The summed E-state index contributed by atoms with van der Waals surface area (Å²) in [4.78, 5) is 29.7. The second-order valence-corrected chi connectivity index (χ2v) is 7.13. The lowest BCUT2D eigenvalue weighted by Crippen LogP contribution is -2.40. The van der Waals surface area contributed by atoms with Gasteiger partial charge in [0.15, 0.2) is 0 Å². The van der Waals surface area contributed by atoms with E-state index in [-0.39, 0.29) is 18.0 Å². The minimum absolute atomic E-state index is 0.00894. The van der Waals surface area contributed by atoms with Gasteiger partial charge in [-0.1, -0.05) is 18.2 Å². The van der Waals surface area contributed by atoms with Crippen molar-refractivity contribution in [2.45, 2.75) is 24.3 Å². The minimum Gasteiger partial charge on any atom is -0.382 e. The van der Waals surface area contributed by atoms with Crippen molar-refractivity contribution >= 4 is 17.8 Å². The lowest BCUT2D eigenvalue weighted by Gasteiger charge is -2.27. The number of carbonyl (C=O) groups is 2.